The summed E-state index contributed by atoms with van der Waals surface area (Å²) in [5.41, 5.74) is 0.670. The van der Waals surface area contributed by atoms with Crippen molar-refractivity contribution in [3.63, 3.8) is 0 Å². The fourth-order valence-electron chi connectivity index (χ4n) is 2.75. The van der Waals surface area contributed by atoms with E-state index in [9.17, 15) is 27.7 Å². The lowest BCUT2D eigenvalue weighted by molar-refractivity contribution is -0.384. The van der Waals surface area contributed by atoms with Crippen LogP contribution in [0.5, 0.6) is 0 Å². The highest BCUT2D eigenvalue weighted by Crippen LogP contribution is 2.24. The maximum atomic E-state index is 13.9. The molecular formula is C21H18FN3O5S. The van der Waals surface area contributed by atoms with E-state index < -0.39 is 26.7 Å². The summed E-state index contributed by atoms with van der Waals surface area (Å²) in [7, 11) is -2.40. The van der Waals surface area contributed by atoms with Crippen LogP contribution >= 0.6 is 0 Å². The number of nitro benzene ring substituents is 1. The number of nitrogens with one attached hydrogen (secondary N) is 1. The lowest BCUT2D eigenvalue weighted by Gasteiger charge is -2.20. The monoisotopic (exact) mass is 443 g/mol. The Labute approximate surface area is 178 Å². The standard InChI is InChI=1S/C21H18FN3O5S/c1-14-3-10-18(11-4-14)31(29,30)24(2)16-7-5-15(6-8-16)21(26)23-20-13-17(25(27)28)9-12-19(20)22/h3-13H,1-2H3,(H,23,26). The van der Waals surface area contributed by atoms with Gasteiger partial charge in [0.15, 0.2) is 0 Å². The summed E-state index contributed by atoms with van der Waals surface area (Å²) in [6, 6.07) is 14.8. The number of hydrogen-bond donors (Lipinski definition) is 1. The molecule has 10 heteroatoms. The predicted molar refractivity (Wildman–Crippen MR) is 114 cm³/mol. The Kier molecular flexibility index (Phi) is 6.02. The Morgan fingerprint density at radius 2 is 1.65 bits per heavy atom. The van der Waals surface area contributed by atoms with Crippen LogP contribution in [0.4, 0.5) is 21.5 Å². The van der Waals surface area contributed by atoms with Crippen molar-refractivity contribution in [2.24, 2.45) is 0 Å². The lowest BCUT2D eigenvalue weighted by atomic mass is 10.2. The number of carbonyl (C=O) groups is 1. The largest absolute Gasteiger partial charge is 0.319 e. The van der Waals surface area contributed by atoms with E-state index in [0.29, 0.717) is 5.69 Å². The van der Waals surface area contributed by atoms with Gasteiger partial charge in [0.25, 0.3) is 21.6 Å². The fraction of sp³-hybridized carbons (Fsp3) is 0.0952. The first kappa shape index (κ1) is 21.9. The van der Waals surface area contributed by atoms with Crippen molar-refractivity contribution in [3.8, 4) is 0 Å². The zero-order chi connectivity index (χ0) is 22.8. The quantitative estimate of drug-likeness (QED) is 0.455. The molecule has 3 aromatic rings. The number of sulfonamides is 1. The van der Waals surface area contributed by atoms with Crippen molar-refractivity contribution in [3.05, 3.63) is 93.8 Å². The number of benzene rings is 3. The van der Waals surface area contributed by atoms with Gasteiger partial charge in [-0.2, -0.15) is 0 Å². The molecular weight excluding hydrogens is 425 g/mol. The van der Waals surface area contributed by atoms with E-state index in [1.54, 1.807) is 12.1 Å². The first-order valence-electron chi connectivity index (χ1n) is 9.00. The van der Waals surface area contributed by atoms with Gasteiger partial charge in [-0.25, -0.2) is 12.8 Å². The van der Waals surface area contributed by atoms with E-state index >= 15 is 0 Å². The van der Waals surface area contributed by atoms with E-state index in [2.05, 4.69) is 5.32 Å². The predicted octanol–water partition coefficient (Wildman–Crippen LogP) is 4.12. The number of halogens is 1. The molecule has 0 fully saturated rings. The first-order valence-corrected chi connectivity index (χ1v) is 10.4. The van der Waals surface area contributed by atoms with Gasteiger partial charge in [0.1, 0.15) is 5.82 Å². The Morgan fingerprint density at radius 3 is 2.23 bits per heavy atom. The number of nitrogens with zero attached hydrogens (tertiary/aromatic N) is 2. The molecule has 0 radical (unpaired) electrons. The highest BCUT2D eigenvalue weighted by Gasteiger charge is 2.21. The smallest absolute Gasteiger partial charge is 0.271 e. The van der Waals surface area contributed by atoms with Crippen molar-refractivity contribution in [2.75, 3.05) is 16.7 Å². The number of amides is 1. The van der Waals surface area contributed by atoms with Crippen LogP contribution < -0.4 is 9.62 Å². The molecule has 3 rings (SSSR count). The summed E-state index contributed by atoms with van der Waals surface area (Å²) in [5.74, 6) is -1.52. The van der Waals surface area contributed by atoms with Crippen LogP contribution in [0.2, 0.25) is 0 Å². The van der Waals surface area contributed by atoms with Gasteiger partial charge in [-0.3, -0.25) is 19.2 Å². The molecule has 3 aromatic carbocycles. The number of anilines is 2. The molecule has 0 atom stereocenters. The van der Waals surface area contributed by atoms with Gasteiger partial charge in [-0.05, 0) is 49.4 Å². The van der Waals surface area contributed by atoms with Gasteiger partial charge < -0.3 is 5.32 Å². The summed E-state index contributed by atoms with van der Waals surface area (Å²) in [5, 5.41) is 13.1. The minimum absolute atomic E-state index is 0.121. The van der Waals surface area contributed by atoms with Crippen molar-refractivity contribution in [2.45, 2.75) is 11.8 Å². The first-order chi connectivity index (χ1) is 14.6. The molecule has 0 bridgehead atoms. The second-order valence-electron chi connectivity index (χ2n) is 6.71. The van der Waals surface area contributed by atoms with E-state index in [4.69, 9.17) is 0 Å². The van der Waals surface area contributed by atoms with Crippen LogP contribution in [0.15, 0.2) is 71.6 Å². The van der Waals surface area contributed by atoms with Crippen LogP contribution in [0, 0.1) is 22.9 Å². The van der Waals surface area contributed by atoms with Crippen LogP contribution in [0.3, 0.4) is 0 Å². The summed E-state index contributed by atoms with van der Waals surface area (Å²) < 4.78 is 40.5. The number of aryl methyl sites for hydroxylation is 1. The Morgan fingerprint density at radius 1 is 1.03 bits per heavy atom. The van der Waals surface area contributed by atoms with Crippen molar-refractivity contribution >= 4 is 33.0 Å². The van der Waals surface area contributed by atoms with Gasteiger partial charge in [-0.15, -0.1) is 0 Å². The topological polar surface area (TPSA) is 110 Å². The number of nitro groups is 1. The Hall–Kier alpha value is -3.79. The molecule has 0 heterocycles. The molecule has 0 aliphatic heterocycles. The second-order valence-corrected chi connectivity index (χ2v) is 8.68. The van der Waals surface area contributed by atoms with Crippen LogP contribution in [0.25, 0.3) is 0 Å². The average Bonchev–Trinajstić information content (AvgIpc) is 2.75. The minimum atomic E-state index is -3.79. The molecule has 0 unspecified atom stereocenters. The molecule has 0 saturated carbocycles. The average molecular weight is 443 g/mol. The van der Waals surface area contributed by atoms with Crippen LogP contribution in [-0.4, -0.2) is 26.3 Å². The van der Waals surface area contributed by atoms with Crippen LogP contribution in [0.1, 0.15) is 15.9 Å². The van der Waals surface area contributed by atoms with E-state index in [1.807, 2.05) is 6.92 Å². The number of carbonyl (C=O) groups excluding carboxylic acids is 1. The molecule has 0 aromatic heterocycles. The SMILES string of the molecule is Cc1ccc(S(=O)(=O)N(C)c2ccc(C(=O)Nc3cc([N+](=O)[O-])ccc3F)cc2)cc1. The molecule has 8 nitrogen and oxygen atoms in total. The second kappa shape index (κ2) is 8.52. The lowest BCUT2D eigenvalue weighted by Crippen LogP contribution is -2.26. The Bertz CT molecular complexity index is 1240. The third-order valence-corrected chi connectivity index (χ3v) is 6.38. The Balaban J connectivity index is 1.79. The third kappa shape index (κ3) is 4.69. The maximum absolute atomic E-state index is 13.9. The normalized spacial score (nSPS) is 11.1. The molecule has 160 valence electrons. The minimum Gasteiger partial charge on any atom is -0.319 e. The zero-order valence-corrected chi connectivity index (χ0v) is 17.4. The van der Waals surface area contributed by atoms with Gasteiger partial charge >= 0.3 is 0 Å². The molecule has 1 N–H and O–H groups in total. The summed E-state index contributed by atoms with van der Waals surface area (Å²) in [6.45, 7) is 1.85. The molecule has 0 aliphatic carbocycles. The van der Waals surface area contributed by atoms with Crippen molar-refractivity contribution in [1.29, 1.82) is 0 Å². The van der Waals surface area contributed by atoms with E-state index in [-0.39, 0.29) is 21.8 Å². The molecule has 0 saturated heterocycles. The number of hydrogen-bond acceptors (Lipinski definition) is 5. The van der Waals surface area contributed by atoms with Gasteiger partial charge in [0.2, 0.25) is 0 Å². The van der Waals surface area contributed by atoms with Gasteiger partial charge in [0, 0.05) is 24.7 Å². The maximum Gasteiger partial charge on any atom is 0.271 e. The van der Waals surface area contributed by atoms with Crippen LogP contribution in [-0.2, 0) is 10.0 Å². The van der Waals surface area contributed by atoms with Gasteiger partial charge in [-0.1, -0.05) is 17.7 Å². The summed E-state index contributed by atoms with van der Waals surface area (Å²) >= 11 is 0. The number of rotatable bonds is 6. The number of non-ortho nitro benzene ring substituents is 1. The fourth-order valence-corrected chi connectivity index (χ4v) is 3.94. The van der Waals surface area contributed by atoms with Crippen molar-refractivity contribution in [1.82, 2.24) is 0 Å². The highest BCUT2D eigenvalue weighted by molar-refractivity contribution is 7.92. The molecule has 0 aliphatic rings. The summed E-state index contributed by atoms with van der Waals surface area (Å²) in [4.78, 5) is 22.7. The zero-order valence-electron chi connectivity index (χ0n) is 16.6. The van der Waals surface area contributed by atoms with Crippen molar-refractivity contribution < 1.29 is 22.5 Å². The molecule has 0 spiro atoms. The molecule has 31 heavy (non-hydrogen) atoms. The summed E-state index contributed by atoms with van der Waals surface area (Å²) in [6.07, 6.45) is 0. The highest BCUT2D eigenvalue weighted by atomic mass is 32.2. The molecule has 1 amide bonds. The van der Waals surface area contributed by atoms with Gasteiger partial charge in [0.05, 0.1) is 21.2 Å². The third-order valence-electron chi connectivity index (χ3n) is 4.58. The van der Waals surface area contributed by atoms with E-state index in [1.165, 1.54) is 43.4 Å². The van der Waals surface area contributed by atoms with E-state index in [0.717, 1.165) is 28.1 Å².